The Labute approximate surface area is 174 Å². The summed E-state index contributed by atoms with van der Waals surface area (Å²) in [5, 5.41) is 11.0. The normalized spacial score (nSPS) is 12.2. The molecular weight excluding hydrogens is 391 g/mol. The fourth-order valence-electron chi connectivity index (χ4n) is 3.61. The number of aromatic hydroxyl groups is 1. The first-order chi connectivity index (χ1) is 14.3. The minimum Gasteiger partial charge on any atom is -0.494 e. The maximum absolute atomic E-state index is 13.8. The molecule has 0 aliphatic rings. The number of anilines is 1. The van der Waals surface area contributed by atoms with Crippen molar-refractivity contribution in [2.45, 2.75) is 39.8 Å². The molecule has 0 aliphatic carbocycles. The number of aromatic nitrogens is 1. The van der Waals surface area contributed by atoms with Gasteiger partial charge in [-0.15, -0.1) is 0 Å². The van der Waals surface area contributed by atoms with E-state index < -0.39 is 11.7 Å². The zero-order valence-electron chi connectivity index (χ0n) is 17.3. The lowest BCUT2D eigenvalue weighted by molar-refractivity contribution is -0.137. The molecule has 160 valence electrons. The highest BCUT2D eigenvalue weighted by Crippen LogP contribution is 2.39. The molecule has 3 aromatic rings. The van der Waals surface area contributed by atoms with E-state index in [9.17, 15) is 18.3 Å². The molecule has 7 heteroatoms. The van der Waals surface area contributed by atoms with Gasteiger partial charge in [0.15, 0.2) is 5.88 Å². The Balaban J connectivity index is 2.01. The Morgan fingerprint density at radius 3 is 2.60 bits per heavy atom. The number of aromatic amines is 1. The summed E-state index contributed by atoms with van der Waals surface area (Å²) in [6.07, 6.45) is -1.34. The van der Waals surface area contributed by atoms with Gasteiger partial charge in [-0.2, -0.15) is 13.2 Å². The molecule has 0 aliphatic heterocycles. The van der Waals surface area contributed by atoms with Crippen molar-refractivity contribution in [3.63, 3.8) is 0 Å². The Morgan fingerprint density at radius 1 is 1.17 bits per heavy atom. The number of halogens is 3. The van der Waals surface area contributed by atoms with Crippen LogP contribution in [0.3, 0.4) is 0 Å². The number of aryl methyl sites for hydroxylation is 1. The van der Waals surface area contributed by atoms with Crippen LogP contribution in [-0.2, 0) is 6.18 Å². The average Bonchev–Trinajstić information content (AvgIpc) is 3.03. The van der Waals surface area contributed by atoms with E-state index in [1.165, 1.54) is 12.3 Å². The summed E-state index contributed by atoms with van der Waals surface area (Å²) in [5.74, 6) is -0.0626. The Kier molecular flexibility index (Phi) is 6.39. The SMILES string of the molecule is CCCCN(CC)c1ccc(N=Cc2c(O)[nH]c3cccc(C)c23)cc1C(F)(F)F. The van der Waals surface area contributed by atoms with Gasteiger partial charge in [-0.05, 0) is 50.1 Å². The van der Waals surface area contributed by atoms with E-state index in [1.807, 2.05) is 39.0 Å². The molecule has 0 saturated heterocycles. The first-order valence-electron chi connectivity index (χ1n) is 10.1. The van der Waals surface area contributed by atoms with Gasteiger partial charge in [-0.25, -0.2) is 0 Å². The lowest BCUT2D eigenvalue weighted by Crippen LogP contribution is -2.26. The average molecular weight is 417 g/mol. The van der Waals surface area contributed by atoms with Gasteiger partial charge in [-0.1, -0.05) is 25.5 Å². The number of aliphatic imine (C=N–C) groups is 1. The summed E-state index contributed by atoms with van der Waals surface area (Å²) >= 11 is 0. The molecule has 0 saturated carbocycles. The number of hydrogen-bond acceptors (Lipinski definition) is 3. The minimum atomic E-state index is -4.49. The van der Waals surface area contributed by atoms with Crippen LogP contribution in [0.4, 0.5) is 24.5 Å². The van der Waals surface area contributed by atoms with Crippen molar-refractivity contribution in [3.05, 3.63) is 53.1 Å². The van der Waals surface area contributed by atoms with Crippen LogP contribution in [0.5, 0.6) is 5.88 Å². The molecule has 0 radical (unpaired) electrons. The first kappa shape index (κ1) is 21.7. The van der Waals surface area contributed by atoms with Crippen LogP contribution in [0.15, 0.2) is 41.4 Å². The van der Waals surface area contributed by atoms with Crippen molar-refractivity contribution in [2.75, 3.05) is 18.0 Å². The largest absolute Gasteiger partial charge is 0.494 e. The topological polar surface area (TPSA) is 51.6 Å². The highest BCUT2D eigenvalue weighted by atomic mass is 19.4. The lowest BCUT2D eigenvalue weighted by atomic mass is 10.1. The standard InChI is InChI=1S/C23H26F3N3O/c1-4-6-12-29(5-2)20-11-10-16(13-18(20)23(24,25)26)27-14-17-21-15(3)8-7-9-19(21)28-22(17)30/h7-11,13-14,28,30H,4-6,12H2,1-3H3. The number of benzene rings is 2. The first-order valence-corrected chi connectivity index (χ1v) is 10.1. The molecule has 0 bridgehead atoms. The molecule has 2 aromatic carbocycles. The zero-order chi connectivity index (χ0) is 21.9. The third-order valence-corrected chi connectivity index (χ3v) is 5.18. The summed E-state index contributed by atoms with van der Waals surface area (Å²) in [6.45, 7) is 6.83. The molecule has 30 heavy (non-hydrogen) atoms. The maximum Gasteiger partial charge on any atom is 0.418 e. The molecule has 1 heterocycles. The van der Waals surface area contributed by atoms with Crippen molar-refractivity contribution >= 4 is 28.5 Å². The second kappa shape index (κ2) is 8.81. The van der Waals surface area contributed by atoms with E-state index in [2.05, 4.69) is 9.98 Å². The molecule has 0 atom stereocenters. The number of alkyl halides is 3. The maximum atomic E-state index is 13.8. The van der Waals surface area contributed by atoms with Crippen LogP contribution in [0.25, 0.3) is 10.9 Å². The number of nitrogens with zero attached hydrogens (tertiary/aromatic N) is 2. The fraction of sp³-hybridized carbons (Fsp3) is 0.348. The van der Waals surface area contributed by atoms with Crippen molar-refractivity contribution in [1.82, 2.24) is 4.98 Å². The van der Waals surface area contributed by atoms with E-state index >= 15 is 0 Å². The van der Waals surface area contributed by atoms with Crippen LogP contribution in [0, 0.1) is 6.92 Å². The third kappa shape index (κ3) is 4.45. The van der Waals surface area contributed by atoms with Crippen LogP contribution in [-0.4, -0.2) is 29.4 Å². The van der Waals surface area contributed by atoms with Gasteiger partial charge in [0, 0.05) is 35.9 Å². The van der Waals surface area contributed by atoms with Crippen molar-refractivity contribution in [3.8, 4) is 5.88 Å². The van der Waals surface area contributed by atoms with Gasteiger partial charge in [0.1, 0.15) is 0 Å². The predicted octanol–water partition coefficient (Wildman–Crippen LogP) is 6.58. The van der Waals surface area contributed by atoms with Crippen molar-refractivity contribution in [2.24, 2.45) is 4.99 Å². The summed E-state index contributed by atoms with van der Waals surface area (Å²) in [5.41, 5.74) is 1.79. The Hall–Kier alpha value is -2.96. The number of rotatable bonds is 7. The smallest absolute Gasteiger partial charge is 0.418 e. The monoisotopic (exact) mass is 417 g/mol. The van der Waals surface area contributed by atoms with Gasteiger partial charge in [0.05, 0.1) is 16.8 Å². The summed E-state index contributed by atoms with van der Waals surface area (Å²) < 4.78 is 41.3. The van der Waals surface area contributed by atoms with Gasteiger partial charge in [-0.3, -0.25) is 4.99 Å². The number of unbranched alkanes of at least 4 members (excludes halogenated alkanes) is 1. The second-order valence-electron chi connectivity index (χ2n) is 7.28. The van der Waals surface area contributed by atoms with Crippen LogP contribution < -0.4 is 4.90 Å². The second-order valence-corrected chi connectivity index (χ2v) is 7.28. The molecular formula is C23H26F3N3O. The molecule has 2 N–H and O–H groups in total. The van der Waals surface area contributed by atoms with Gasteiger partial charge >= 0.3 is 6.18 Å². The summed E-state index contributed by atoms with van der Waals surface area (Å²) in [6, 6.07) is 9.72. The van der Waals surface area contributed by atoms with E-state index in [0.717, 1.165) is 35.4 Å². The van der Waals surface area contributed by atoms with Crippen molar-refractivity contribution < 1.29 is 18.3 Å². The van der Waals surface area contributed by atoms with Crippen LogP contribution in [0.2, 0.25) is 0 Å². The molecule has 4 nitrogen and oxygen atoms in total. The Morgan fingerprint density at radius 2 is 1.93 bits per heavy atom. The van der Waals surface area contributed by atoms with E-state index in [4.69, 9.17) is 0 Å². The summed E-state index contributed by atoms with van der Waals surface area (Å²) in [4.78, 5) is 8.85. The van der Waals surface area contributed by atoms with Crippen LogP contribution in [0.1, 0.15) is 43.4 Å². The number of nitrogens with one attached hydrogen (secondary N) is 1. The third-order valence-electron chi connectivity index (χ3n) is 5.18. The number of H-pyrrole nitrogens is 1. The van der Waals surface area contributed by atoms with Gasteiger partial charge in [0.2, 0.25) is 0 Å². The van der Waals surface area contributed by atoms with E-state index in [0.29, 0.717) is 18.7 Å². The highest BCUT2D eigenvalue weighted by Gasteiger charge is 2.35. The molecule has 0 amide bonds. The van der Waals surface area contributed by atoms with Crippen LogP contribution >= 0.6 is 0 Å². The van der Waals surface area contributed by atoms with E-state index in [-0.39, 0.29) is 17.3 Å². The van der Waals surface area contributed by atoms with Crippen molar-refractivity contribution in [1.29, 1.82) is 0 Å². The van der Waals surface area contributed by atoms with E-state index in [1.54, 1.807) is 11.0 Å². The van der Waals surface area contributed by atoms with Gasteiger partial charge in [0.25, 0.3) is 0 Å². The minimum absolute atomic E-state index is 0.0626. The Bertz CT molecular complexity index is 1050. The molecule has 0 unspecified atom stereocenters. The number of hydrogen-bond donors (Lipinski definition) is 2. The highest BCUT2D eigenvalue weighted by molar-refractivity contribution is 6.04. The lowest BCUT2D eigenvalue weighted by Gasteiger charge is -2.26. The number of fused-ring (bicyclic) bond motifs is 1. The molecule has 1 aromatic heterocycles. The zero-order valence-corrected chi connectivity index (χ0v) is 17.3. The molecule has 0 fully saturated rings. The molecule has 0 spiro atoms. The molecule has 3 rings (SSSR count). The quantitative estimate of drug-likeness (QED) is 0.427. The fourth-order valence-corrected chi connectivity index (χ4v) is 3.61. The summed E-state index contributed by atoms with van der Waals surface area (Å²) in [7, 11) is 0. The predicted molar refractivity (Wildman–Crippen MR) is 116 cm³/mol. The van der Waals surface area contributed by atoms with Gasteiger partial charge < -0.3 is 15.0 Å².